The summed E-state index contributed by atoms with van der Waals surface area (Å²) in [5.41, 5.74) is 0.907. The lowest BCUT2D eigenvalue weighted by Crippen LogP contribution is -2.42. The summed E-state index contributed by atoms with van der Waals surface area (Å²) in [6.07, 6.45) is 4.35. The quantitative estimate of drug-likeness (QED) is 0.574. The fraction of sp³-hybridized carbons (Fsp3) is 0.364. The van der Waals surface area contributed by atoms with Crippen LogP contribution in [0.5, 0.6) is 11.5 Å². The molecule has 7 heteroatoms. The number of carbonyl (C=O) groups excluding carboxylic acids is 2. The van der Waals surface area contributed by atoms with Gasteiger partial charge in [-0.2, -0.15) is 0 Å². The predicted molar refractivity (Wildman–Crippen MR) is 107 cm³/mol. The number of nitrogens with zero attached hydrogens (tertiary/aromatic N) is 2. The van der Waals surface area contributed by atoms with Crippen LogP contribution in [0, 0.1) is 0 Å². The van der Waals surface area contributed by atoms with Crippen molar-refractivity contribution in [2.24, 2.45) is 0 Å². The zero-order valence-corrected chi connectivity index (χ0v) is 16.6. The van der Waals surface area contributed by atoms with Gasteiger partial charge in [-0.05, 0) is 36.2 Å². The first-order valence-electron chi connectivity index (χ1n) is 9.68. The molecule has 1 aromatic carbocycles. The molecule has 1 aliphatic rings. The molecule has 1 aromatic heterocycles. The monoisotopic (exact) mass is 398 g/mol. The Hall–Kier alpha value is -3.22. The van der Waals surface area contributed by atoms with E-state index < -0.39 is 0 Å². The molecule has 0 N–H and O–H groups in total. The standard InChI is InChI=1S/C22H26N2O5/c1-3-6-21(25)23(10-4-2)15-22(26)24(14-18-7-5-11-27-18)13-17-8-9-19-20(12-17)29-16-28-19/h4-5,7-9,11-12H,2-3,6,10,13-16H2,1H3. The molecule has 0 fully saturated rings. The molecule has 2 amide bonds. The maximum Gasteiger partial charge on any atom is 0.242 e. The van der Waals surface area contributed by atoms with Crippen molar-refractivity contribution in [3.8, 4) is 11.5 Å². The van der Waals surface area contributed by atoms with Gasteiger partial charge in [-0.15, -0.1) is 6.58 Å². The number of hydrogen-bond acceptors (Lipinski definition) is 5. The summed E-state index contributed by atoms with van der Waals surface area (Å²) in [4.78, 5) is 28.7. The summed E-state index contributed by atoms with van der Waals surface area (Å²) in [6, 6.07) is 9.22. The van der Waals surface area contributed by atoms with Crippen LogP contribution in [0.15, 0.2) is 53.7 Å². The Balaban J connectivity index is 1.75. The topological polar surface area (TPSA) is 72.2 Å². The van der Waals surface area contributed by atoms with E-state index in [2.05, 4.69) is 6.58 Å². The Labute approximate surface area is 170 Å². The minimum absolute atomic E-state index is 0.00386. The first-order valence-corrected chi connectivity index (χ1v) is 9.68. The van der Waals surface area contributed by atoms with E-state index in [-0.39, 0.29) is 25.2 Å². The Kier molecular flexibility index (Phi) is 6.94. The van der Waals surface area contributed by atoms with Gasteiger partial charge in [0.1, 0.15) is 12.3 Å². The second kappa shape index (κ2) is 9.82. The van der Waals surface area contributed by atoms with Crippen LogP contribution >= 0.6 is 0 Å². The fourth-order valence-corrected chi connectivity index (χ4v) is 3.13. The van der Waals surface area contributed by atoms with Gasteiger partial charge in [0.25, 0.3) is 0 Å². The van der Waals surface area contributed by atoms with Gasteiger partial charge in [0, 0.05) is 19.5 Å². The van der Waals surface area contributed by atoms with Crippen LogP contribution in [0.25, 0.3) is 0 Å². The molecule has 154 valence electrons. The van der Waals surface area contributed by atoms with Crippen LogP contribution in [-0.2, 0) is 22.7 Å². The van der Waals surface area contributed by atoms with Crippen LogP contribution in [0.1, 0.15) is 31.1 Å². The van der Waals surface area contributed by atoms with Crippen molar-refractivity contribution in [3.05, 3.63) is 60.6 Å². The van der Waals surface area contributed by atoms with Crippen molar-refractivity contribution in [2.75, 3.05) is 19.9 Å². The van der Waals surface area contributed by atoms with Gasteiger partial charge in [0.2, 0.25) is 18.6 Å². The minimum atomic E-state index is -0.162. The summed E-state index contributed by atoms with van der Waals surface area (Å²) in [5.74, 6) is 1.82. The van der Waals surface area contributed by atoms with E-state index in [0.29, 0.717) is 43.3 Å². The molecule has 0 spiro atoms. The third kappa shape index (κ3) is 5.40. The van der Waals surface area contributed by atoms with Gasteiger partial charge < -0.3 is 23.7 Å². The minimum Gasteiger partial charge on any atom is -0.467 e. The zero-order chi connectivity index (χ0) is 20.6. The van der Waals surface area contributed by atoms with E-state index in [4.69, 9.17) is 13.9 Å². The average molecular weight is 398 g/mol. The average Bonchev–Trinajstić information content (AvgIpc) is 3.38. The first kappa shape index (κ1) is 20.5. The highest BCUT2D eigenvalue weighted by atomic mass is 16.7. The first-order chi connectivity index (χ1) is 14.1. The van der Waals surface area contributed by atoms with E-state index in [0.717, 1.165) is 12.0 Å². The second-order valence-corrected chi connectivity index (χ2v) is 6.83. The molecular formula is C22H26N2O5. The molecule has 2 aromatic rings. The number of ether oxygens (including phenoxy) is 2. The summed E-state index contributed by atoms with van der Waals surface area (Å²) < 4.78 is 16.2. The summed E-state index contributed by atoms with van der Waals surface area (Å²) in [6.45, 7) is 6.84. The second-order valence-electron chi connectivity index (χ2n) is 6.83. The molecule has 29 heavy (non-hydrogen) atoms. The lowest BCUT2D eigenvalue weighted by molar-refractivity contribution is -0.141. The lowest BCUT2D eigenvalue weighted by atomic mass is 10.1. The number of fused-ring (bicyclic) bond motifs is 1. The number of benzene rings is 1. The highest BCUT2D eigenvalue weighted by Gasteiger charge is 2.22. The van der Waals surface area contributed by atoms with Gasteiger partial charge in [-0.1, -0.05) is 19.1 Å². The Morgan fingerprint density at radius 2 is 1.93 bits per heavy atom. The van der Waals surface area contributed by atoms with Crippen molar-refractivity contribution in [1.29, 1.82) is 0 Å². The number of furan rings is 1. The van der Waals surface area contributed by atoms with Crippen LogP contribution in [0.3, 0.4) is 0 Å². The molecule has 0 aliphatic carbocycles. The van der Waals surface area contributed by atoms with Gasteiger partial charge in [0.05, 0.1) is 12.8 Å². The largest absolute Gasteiger partial charge is 0.467 e. The molecule has 7 nitrogen and oxygen atoms in total. The molecule has 0 saturated heterocycles. The van der Waals surface area contributed by atoms with Gasteiger partial charge in [-0.25, -0.2) is 0 Å². The number of amides is 2. The van der Waals surface area contributed by atoms with E-state index in [1.54, 1.807) is 23.3 Å². The predicted octanol–water partition coefficient (Wildman–Crippen LogP) is 3.35. The maximum absolute atomic E-state index is 13.1. The normalized spacial score (nSPS) is 11.9. The van der Waals surface area contributed by atoms with Crippen molar-refractivity contribution >= 4 is 11.8 Å². The van der Waals surface area contributed by atoms with Gasteiger partial charge in [0.15, 0.2) is 11.5 Å². The van der Waals surface area contributed by atoms with Crippen molar-refractivity contribution < 1.29 is 23.5 Å². The molecule has 0 unspecified atom stereocenters. The molecular weight excluding hydrogens is 372 g/mol. The van der Waals surface area contributed by atoms with Crippen molar-refractivity contribution in [3.63, 3.8) is 0 Å². The molecule has 0 bridgehead atoms. The van der Waals surface area contributed by atoms with E-state index in [1.165, 1.54) is 4.90 Å². The van der Waals surface area contributed by atoms with Crippen molar-refractivity contribution in [1.82, 2.24) is 9.80 Å². The summed E-state index contributed by atoms with van der Waals surface area (Å²) in [5, 5.41) is 0. The highest BCUT2D eigenvalue weighted by Crippen LogP contribution is 2.33. The third-order valence-electron chi connectivity index (χ3n) is 4.58. The number of carbonyl (C=O) groups is 2. The molecule has 0 atom stereocenters. The van der Waals surface area contributed by atoms with Crippen molar-refractivity contribution in [2.45, 2.75) is 32.9 Å². The molecule has 0 saturated carbocycles. The van der Waals surface area contributed by atoms with Gasteiger partial charge >= 0.3 is 0 Å². The van der Waals surface area contributed by atoms with Crippen LogP contribution in [-0.4, -0.2) is 41.5 Å². The van der Waals surface area contributed by atoms with Crippen LogP contribution < -0.4 is 9.47 Å². The fourth-order valence-electron chi connectivity index (χ4n) is 3.13. The summed E-state index contributed by atoms with van der Waals surface area (Å²) in [7, 11) is 0. The highest BCUT2D eigenvalue weighted by molar-refractivity contribution is 5.85. The SMILES string of the molecule is C=CCN(CC(=O)N(Cc1ccc2c(c1)OCO2)Cc1ccco1)C(=O)CCC. The number of rotatable bonds is 10. The Morgan fingerprint density at radius 1 is 1.10 bits per heavy atom. The van der Waals surface area contributed by atoms with Crippen LogP contribution in [0.2, 0.25) is 0 Å². The molecule has 0 radical (unpaired) electrons. The smallest absolute Gasteiger partial charge is 0.242 e. The maximum atomic E-state index is 13.1. The van der Waals surface area contributed by atoms with E-state index >= 15 is 0 Å². The summed E-state index contributed by atoms with van der Waals surface area (Å²) >= 11 is 0. The Bertz CT molecular complexity index is 847. The Morgan fingerprint density at radius 3 is 2.66 bits per heavy atom. The lowest BCUT2D eigenvalue weighted by Gasteiger charge is -2.27. The molecule has 1 aliphatic heterocycles. The molecule has 3 rings (SSSR count). The number of hydrogen-bond donors (Lipinski definition) is 0. The molecule has 2 heterocycles. The van der Waals surface area contributed by atoms with E-state index in [1.807, 2.05) is 31.2 Å². The van der Waals surface area contributed by atoms with Crippen LogP contribution in [0.4, 0.5) is 0 Å². The third-order valence-corrected chi connectivity index (χ3v) is 4.58. The van der Waals surface area contributed by atoms with E-state index in [9.17, 15) is 9.59 Å². The van der Waals surface area contributed by atoms with Gasteiger partial charge in [-0.3, -0.25) is 9.59 Å². The zero-order valence-electron chi connectivity index (χ0n) is 16.6.